The van der Waals surface area contributed by atoms with Crippen LogP contribution in [0.2, 0.25) is 0 Å². The number of ether oxygens (including phenoxy) is 1. The molecule has 9 nitrogen and oxygen atoms in total. The van der Waals surface area contributed by atoms with Gasteiger partial charge in [-0.25, -0.2) is 4.68 Å². The molecule has 0 saturated heterocycles. The summed E-state index contributed by atoms with van der Waals surface area (Å²) in [5, 5.41) is 13.5. The van der Waals surface area contributed by atoms with Gasteiger partial charge in [0.2, 0.25) is 5.43 Å². The molecule has 0 unspecified atom stereocenters. The van der Waals surface area contributed by atoms with Crippen LogP contribution in [0.1, 0.15) is 16.1 Å². The Hall–Kier alpha value is -3.49. The highest BCUT2D eigenvalue weighted by Gasteiger charge is 2.18. The number of pyridine rings is 1. The first-order chi connectivity index (χ1) is 12.6. The van der Waals surface area contributed by atoms with Gasteiger partial charge in [0.1, 0.15) is 12.9 Å². The number of nitrogens with zero attached hydrogens (tertiary/aromatic N) is 5. The minimum absolute atomic E-state index is 0.0266. The zero-order valence-corrected chi connectivity index (χ0v) is 14.2. The van der Waals surface area contributed by atoms with E-state index in [-0.39, 0.29) is 23.5 Å². The number of benzene rings is 1. The first-order valence-corrected chi connectivity index (χ1v) is 8.00. The lowest BCUT2D eigenvalue weighted by Gasteiger charge is -2.14. The number of rotatable bonds is 7. The standard InChI is InChI=1S/C17H18N6O3/c1-22-9-7-14(24)16(26-11-13-5-3-2-4-6-13)15(22)17(25)18-8-10-23-12-19-20-21-23/h2-7,9,12H,8,10-11H2,1H3,(H,18,25). The number of aryl methyl sites for hydroxylation is 1. The first-order valence-electron chi connectivity index (χ1n) is 8.00. The third-order valence-corrected chi connectivity index (χ3v) is 3.70. The van der Waals surface area contributed by atoms with Gasteiger partial charge in [0.25, 0.3) is 5.91 Å². The molecule has 9 heteroatoms. The van der Waals surface area contributed by atoms with Crippen molar-refractivity contribution < 1.29 is 9.53 Å². The zero-order chi connectivity index (χ0) is 18.4. The van der Waals surface area contributed by atoms with Crippen LogP contribution in [0.4, 0.5) is 0 Å². The van der Waals surface area contributed by atoms with Crippen molar-refractivity contribution in [2.45, 2.75) is 13.2 Å². The largest absolute Gasteiger partial charge is 0.483 e. The summed E-state index contributed by atoms with van der Waals surface area (Å²) in [6.45, 7) is 0.926. The summed E-state index contributed by atoms with van der Waals surface area (Å²) in [6.07, 6.45) is 2.99. The second-order valence-electron chi connectivity index (χ2n) is 5.57. The quantitative estimate of drug-likeness (QED) is 0.658. The van der Waals surface area contributed by atoms with Gasteiger partial charge in [-0.15, -0.1) is 5.10 Å². The van der Waals surface area contributed by atoms with E-state index in [1.54, 1.807) is 11.6 Å². The van der Waals surface area contributed by atoms with Gasteiger partial charge >= 0.3 is 0 Å². The Morgan fingerprint density at radius 1 is 1.23 bits per heavy atom. The lowest BCUT2D eigenvalue weighted by Crippen LogP contribution is -2.31. The predicted molar refractivity (Wildman–Crippen MR) is 92.6 cm³/mol. The maximum atomic E-state index is 12.6. The van der Waals surface area contributed by atoms with Crippen LogP contribution in [0.5, 0.6) is 5.75 Å². The van der Waals surface area contributed by atoms with Gasteiger partial charge < -0.3 is 14.6 Å². The molecular weight excluding hydrogens is 336 g/mol. The van der Waals surface area contributed by atoms with Crippen molar-refractivity contribution in [2.75, 3.05) is 6.54 Å². The molecule has 1 amide bonds. The summed E-state index contributed by atoms with van der Waals surface area (Å²) in [5.74, 6) is -0.375. The molecule has 1 N–H and O–H groups in total. The summed E-state index contributed by atoms with van der Waals surface area (Å²) in [5.41, 5.74) is 0.734. The highest BCUT2D eigenvalue weighted by Crippen LogP contribution is 2.14. The second kappa shape index (κ2) is 8.06. The number of carbonyl (C=O) groups is 1. The van der Waals surface area contributed by atoms with Gasteiger partial charge in [0, 0.05) is 25.9 Å². The zero-order valence-electron chi connectivity index (χ0n) is 14.2. The molecule has 134 valence electrons. The Morgan fingerprint density at radius 2 is 2.04 bits per heavy atom. The molecule has 0 atom stereocenters. The minimum atomic E-state index is -0.402. The molecule has 0 aliphatic rings. The van der Waals surface area contributed by atoms with Crippen LogP contribution in [0.15, 0.2) is 53.7 Å². The van der Waals surface area contributed by atoms with Gasteiger partial charge in [-0.1, -0.05) is 30.3 Å². The minimum Gasteiger partial charge on any atom is -0.483 e. The molecule has 0 radical (unpaired) electrons. The molecule has 3 rings (SSSR count). The molecule has 2 heterocycles. The maximum Gasteiger partial charge on any atom is 0.271 e. The summed E-state index contributed by atoms with van der Waals surface area (Å²) in [6, 6.07) is 10.8. The molecular formula is C17H18N6O3. The van der Waals surface area contributed by atoms with E-state index in [1.165, 1.54) is 23.3 Å². The van der Waals surface area contributed by atoms with Crippen LogP contribution >= 0.6 is 0 Å². The van der Waals surface area contributed by atoms with E-state index in [0.29, 0.717) is 13.1 Å². The Balaban J connectivity index is 1.73. The molecule has 0 spiro atoms. The van der Waals surface area contributed by atoms with E-state index < -0.39 is 5.91 Å². The van der Waals surface area contributed by atoms with Crippen molar-refractivity contribution >= 4 is 5.91 Å². The van der Waals surface area contributed by atoms with Crippen molar-refractivity contribution in [3.05, 3.63) is 70.4 Å². The maximum absolute atomic E-state index is 12.6. The molecule has 3 aromatic rings. The fraction of sp³-hybridized carbons (Fsp3) is 0.235. The molecule has 26 heavy (non-hydrogen) atoms. The average molecular weight is 354 g/mol. The molecule has 2 aromatic heterocycles. The third-order valence-electron chi connectivity index (χ3n) is 3.70. The predicted octanol–water partition coefficient (Wildman–Crippen LogP) is 0.381. The first kappa shape index (κ1) is 17.3. The third kappa shape index (κ3) is 4.12. The summed E-state index contributed by atoms with van der Waals surface area (Å²) in [7, 11) is 1.69. The molecule has 0 bridgehead atoms. The number of tetrazole rings is 1. The Bertz CT molecular complexity index is 921. The number of amides is 1. The van der Waals surface area contributed by atoms with Crippen molar-refractivity contribution in [3.8, 4) is 5.75 Å². The Morgan fingerprint density at radius 3 is 2.77 bits per heavy atom. The van der Waals surface area contributed by atoms with Crippen LogP contribution in [0, 0.1) is 0 Å². The number of aromatic nitrogens is 5. The summed E-state index contributed by atoms with van der Waals surface area (Å²) < 4.78 is 8.74. The van der Waals surface area contributed by atoms with Crippen LogP contribution < -0.4 is 15.5 Å². The lowest BCUT2D eigenvalue weighted by atomic mass is 10.2. The Labute approximate surface area is 149 Å². The fourth-order valence-corrected chi connectivity index (χ4v) is 2.39. The van der Waals surface area contributed by atoms with Crippen LogP contribution in [0.3, 0.4) is 0 Å². The summed E-state index contributed by atoms with van der Waals surface area (Å²) in [4.78, 5) is 24.8. The monoisotopic (exact) mass is 354 g/mol. The van der Waals surface area contributed by atoms with E-state index in [4.69, 9.17) is 4.74 Å². The fourth-order valence-electron chi connectivity index (χ4n) is 2.39. The van der Waals surface area contributed by atoms with E-state index >= 15 is 0 Å². The highest BCUT2D eigenvalue weighted by molar-refractivity contribution is 5.95. The highest BCUT2D eigenvalue weighted by atomic mass is 16.5. The Kier molecular flexibility index (Phi) is 5.37. The van der Waals surface area contributed by atoms with Crippen LogP contribution in [-0.2, 0) is 20.2 Å². The summed E-state index contributed by atoms with van der Waals surface area (Å²) >= 11 is 0. The van der Waals surface area contributed by atoms with Crippen molar-refractivity contribution in [1.82, 2.24) is 30.1 Å². The van der Waals surface area contributed by atoms with Crippen LogP contribution in [-0.4, -0.2) is 37.2 Å². The topological polar surface area (TPSA) is 104 Å². The second-order valence-corrected chi connectivity index (χ2v) is 5.57. The van der Waals surface area contributed by atoms with Gasteiger partial charge in [-0.3, -0.25) is 9.59 Å². The van der Waals surface area contributed by atoms with E-state index in [0.717, 1.165) is 5.56 Å². The van der Waals surface area contributed by atoms with Gasteiger partial charge in [-0.2, -0.15) is 0 Å². The molecule has 0 saturated carbocycles. The van der Waals surface area contributed by atoms with E-state index in [9.17, 15) is 9.59 Å². The molecule has 1 aromatic carbocycles. The van der Waals surface area contributed by atoms with Crippen molar-refractivity contribution in [3.63, 3.8) is 0 Å². The molecule has 0 fully saturated rings. The van der Waals surface area contributed by atoms with E-state index in [1.807, 2.05) is 30.3 Å². The van der Waals surface area contributed by atoms with Gasteiger partial charge in [0.15, 0.2) is 11.4 Å². The SMILES string of the molecule is Cn1ccc(=O)c(OCc2ccccc2)c1C(=O)NCCn1cnnn1. The lowest BCUT2D eigenvalue weighted by molar-refractivity contribution is 0.0937. The number of hydrogen-bond donors (Lipinski definition) is 1. The van der Waals surface area contributed by atoms with Gasteiger partial charge in [-0.05, 0) is 16.0 Å². The molecule has 0 aliphatic heterocycles. The smallest absolute Gasteiger partial charge is 0.271 e. The number of hydrogen-bond acceptors (Lipinski definition) is 6. The van der Waals surface area contributed by atoms with Crippen molar-refractivity contribution in [1.29, 1.82) is 0 Å². The van der Waals surface area contributed by atoms with Crippen molar-refractivity contribution in [2.24, 2.45) is 7.05 Å². The number of carbonyl (C=O) groups excluding carboxylic acids is 1. The van der Waals surface area contributed by atoms with Gasteiger partial charge in [0.05, 0.1) is 6.54 Å². The number of nitrogens with one attached hydrogen (secondary N) is 1. The normalized spacial score (nSPS) is 10.5. The molecule has 0 aliphatic carbocycles. The van der Waals surface area contributed by atoms with E-state index in [2.05, 4.69) is 20.8 Å². The van der Waals surface area contributed by atoms with Crippen LogP contribution in [0.25, 0.3) is 0 Å². The average Bonchev–Trinajstić information content (AvgIpc) is 3.16.